The maximum Gasteiger partial charge on any atom is 0.269 e. The van der Waals surface area contributed by atoms with Crippen LogP contribution in [0.15, 0.2) is 24.3 Å². The molecule has 0 aromatic heterocycles. The van der Waals surface area contributed by atoms with Gasteiger partial charge >= 0.3 is 0 Å². The fourth-order valence-electron chi connectivity index (χ4n) is 2.58. The van der Waals surface area contributed by atoms with Crippen LogP contribution < -0.4 is 5.32 Å². The number of benzene rings is 1. The lowest BCUT2D eigenvalue weighted by molar-refractivity contribution is -0.385. The Morgan fingerprint density at radius 3 is 2.62 bits per heavy atom. The highest BCUT2D eigenvalue weighted by atomic mass is 16.6. The van der Waals surface area contributed by atoms with Crippen LogP contribution in [0, 0.1) is 10.1 Å². The molecule has 1 aromatic rings. The number of nitro benzene ring substituents is 1. The van der Waals surface area contributed by atoms with E-state index in [1.165, 1.54) is 12.8 Å². The summed E-state index contributed by atoms with van der Waals surface area (Å²) in [5.41, 5.74) is 1.17. The SMILES string of the molecule is CNC1(c2cccc([N+](=O)[O-])c2)CCCC1. The molecule has 86 valence electrons. The van der Waals surface area contributed by atoms with Crippen LogP contribution in [-0.2, 0) is 5.54 Å². The molecule has 1 N–H and O–H groups in total. The summed E-state index contributed by atoms with van der Waals surface area (Å²) >= 11 is 0. The standard InChI is InChI=1S/C12H16N2O2/c1-13-12(7-2-3-8-12)10-5-4-6-11(9-10)14(15)16/h4-6,9,13H,2-3,7-8H2,1H3. The summed E-state index contributed by atoms with van der Waals surface area (Å²) in [5.74, 6) is 0. The van der Waals surface area contributed by atoms with Crippen LogP contribution in [0.4, 0.5) is 5.69 Å². The smallest absolute Gasteiger partial charge is 0.269 e. The first-order chi connectivity index (χ1) is 7.68. The normalized spacial score (nSPS) is 18.6. The molecule has 0 heterocycles. The molecule has 1 aliphatic rings. The second-order valence-corrected chi connectivity index (χ2v) is 4.35. The van der Waals surface area contributed by atoms with Crippen molar-refractivity contribution in [3.63, 3.8) is 0 Å². The van der Waals surface area contributed by atoms with Crippen molar-refractivity contribution in [1.29, 1.82) is 0 Å². The minimum absolute atomic E-state index is 0.0496. The third-order valence-electron chi connectivity index (χ3n) is 3.55. The molecule has 0 bridgehead atoms. The van der Waals surface area contributed by atoms with Crippen molar-refractivity contribution in [3.05, 3.63) is 39.9 Å². The number of hydrogen-bond donors (Lipinski definition) is 1. The predicted molar refractivity (Wildman–Crippen MR) is 62.3 cm³/mol. The molecule has 1 aromatic carbocycles. The van der Waals surface area contributed by atoms with Gasteiger partial charge < -0.3 is 5.32 Å². The van der Waals surface area contributed by atoms with Crippen LogP contribution in [0.2, 0.25) is 0 Å². The summed E-state index contributed by atoms with van der Waals surface area (Å²) < 4.78 is 0. The lowest BCUT2D eigenvalue weighted by atomic mass is 9.88. The number of nitrogens with one attached hydrogen (secondary N) is 1. The number of nitro groups is 1. The Morgan fingerprint density at radius 1 is 1.38 bits per heavy atom. The monoisotopic (exact) mass is 220 g/mol. The number of hydrogen-bond acceptors (Lipinski definition) is 3. The molecule has 0 atom stereocenters. The molecular formula is C12H16N2O2. The molecule has 2 rings (SSSR count). The van der Waals surface area contributed by atoms with E-state index < -0.39 is 0 Å². The highest BCUT2D eigenvalue weighted by Crippen LogP contribution is 2.39. The molecule has 1 aliphatic carbocycles. The van der Waals surface area contributed by atoms with Gasteiger partial charge in [-0.05, 0) is 25.5 Å². The average Bonchev–Trinajstić information content (AvgIpc) is 2.79. The Balaban J connectivity index is 2.38. The molecule has 4 nitrogen and oxygen atoms in total. The summed E-state index contributed by atoms with van der Waals surface area (Å²) in [6.07, 6.45) is 4.49. The molecule has 4 heteroatoms. The van der Waals surface area contributed by atoms with E-state index in [0.29, 0.717) is 0 Å². The Kier molecular flexibility index (Phi) is 2.92. The van der Waals surface area contributed by atoms with Gasteiger partial charge in [-0.2, -0.15) is 0 Å². The van der Waals surface area contributed by atoms with E-state index in [1.807, 2.05) is 13.1 Å². The molecule has 0 unspecified atom stereocenters. The third kappa shape index (κ3) is 1.80. The van der Waals surface area contributed by atoms with Gasteiger partial charge in [0.25, 0.3) is 5.69 Å². The van der Waals surface area contributed by atoms with E-state index in [9.17, 15) is 10.1 Å². The van der Waals surface area contributed by atoms with Gasteiger partial charge in [-0.25, -0.2) is 0 Å². The van der Waals surface area contributed by atoms with E-state index in [1.54, 1.807) is 18.2 Å². The molecule has 1 fully saturated rings. The largest absolute Gasteiger partial charge is 0.310 e. The van der Waals surface area contributed by atoms with Crippen molar-refractivity contribution in [2.75, 3.05) is 7.05 Å². The lowest BCUT2D eigenvalue weighted by Crippen LogP contribution is -2.36. The number of rotatable bonds is 3. The molecule has 0 aliphatic heterocycles. The zero-order chi connectivity index (χ0) is 11.6. The maximum absolute atomic E-state index is 10.7. The van der Waals surface area contributed by atoms with Gasteiger partial charge in [0.15, 0.2) is 0 Å². The van der Waals surface area contributed by atoms with Gasteiger partial charge in [-0.15, -0.1) is 0 Å². The fourth-order valence-corrected chi connectivity index (χ4v) is 2.58. The van der Waals surface area contributed by atoms with Crippen molar-refractivity contribution in [1.82, 2.24) is 5.32 Å². The summed E-state index contributed by atoms with van der Waals surface area (Å²) in [4.78, 5) is 10.4. The zero-order valence-electron chi connectivity index (χ0n) is 9.40. The van der Waals surface area contributed by atoms with Crippen molar-refractivity contribution in [3.8, 4) is 0 Å². The second kappa shape index (κ2) is 4.22. The average molecular weight is 220 g/mol. The predicted octanol–water partition coefficient (Wildman–Crippen LogP) is 2.58. The van der Waals surface area contributed by atoms with Gasteiger partial charge in [-0.1, -0.05) is 25.0 Å². The minimum atomic E-state index is -0.332. The van der Waals surface area contributed by atoms with Crippen LogP contribution in [0.3, 0.4) is 0 Å². The molecule has 1 saturated carbocycles. The molecule has 16 heavy (non-hydrogen) atoms. The number of non-ortho nitro benzene ring substituents is 1. The molecule has 0 saturated heterocycles. The van der Waals surface area contributed by atoms with E-state index in [-0.39, 0.29) is 16.1 Å². The third-order valence-corrected chi connectivity index (χ3v) is 3.55. The van der Waals surface area contributed by atoms with Crippen LogP contribution in [0.5, 0.6) is 0 Å². The Labute approximate surface area is 94.8 Å². The van der Waals surface area contributed by atoms with E-state index in [4.69, 9.17) is 0 Å². The van der Waals surface area contributed by atoms with Crippen LogP contribution >= 0.6 is 0 Å². The number of nitrogens with zero attached hydrogens (tertiary/aromatic N) is 1. The van der Waals surface area contributed by atoms with E-state index in [2.05, 4.69) is 5.32 Å². The summed E-state index contributed by atoms with van der Waals surface area (Å²) in [7, 11) is 1.93. The van der Waals surface area contributed by atoms with Crippen LogP contribution in [0.1, 0.15) is 31.2 Å². The van der Waals surface area contributed by atoms with Gasteiger partial charge in [0, 0.05) is 17.7 Å². The van der Waals surface area contributed by atoms with Crippen molar-refractivity contribution in [2.45, 2.75) is 31.2 Å². The van der Waals surface area contributed by atoms with Crippen LogP contribution in [0.25, 0.3) is 0 Å². The van der Waals surface area contributed by atoms with E-state index >= 15 is 0 Å². The Morgan fingerprint density at radius 2 is 2.06 bits per heavy atom. The van der Waals surface area contributed by atoms with Gasteiger partial charge in [0.2, 0.25) is 0 Å². The fraction of sp³-hybridized carbons (Fsp3) is 0.500. The molecule has 0 radical (unpaired) electrons. The molecule has 0 spiro atoms. The molecular weight excluding hydrogens is 204 g/mol. The Bertz CT molecular complexity index is 398. The summed E-state index contributed by atoms with van der Waals surface area (Å²) in [6.45, 7) is 0. The zero-order valence-corrected chi connectivity index (χ0v) is 9.40. The first-order valence-electron chi connectivity index (χ1n) is 5.62. The summed E-state index contributed by atoms with van der Waals surface area (Å²) in [6, 6.07) is 6.99. The quantitative estimate of drug-likeness (QED) is 0.629. The Hall–Kier alpha value is -1.42. The first kappa shape index (κ1) is 11.1. The van der Waals surface area contributed by atoms with Crippen molar-refractivity contribution < 1.29 is 4.92 Å². The molecule has 0 amide bonds. The second-order valence-electron chi connectivity index (χ2n) is 4.35. The topological polar surface area (TPSA) is 55.2 Å². The van der Waals surface area contributed by atoms with Gasteiger partial charge in [0.05, 0.1) is 4.92 Å². The highest BCUT2D eigenvalue weighted by Gasteiger charge is 2.34. The van der Waals surface area contributed by atoms with E-state index in [0.717, 1.165) is 18.4 Å². The van der Waals surface area contributed by atoms with Gasteiger partial charge in [0.1, 0.15) is 0 Å². The van der Waals surface area contributed by atoms with Crippen molar-refractivity contribution >= 4 is 5.69 Å². The van der Waals surface area contributed by atoms with Gasteiger partial charge in [-0.3, -0.25) is 10.1 Å². The first-order valence-corrected chi connectivity index (χ1v) is 5.62. The summed E-state index contributed by atoms with van der Waals surface area (Å²) in [5, 5.41) is 14.1. The van der Waals surface area contributed by atoms with Crippen molar-refractivity contribution in [2.24, 2.45) is 0 Å². The lowest BCUT2D eigenvalue weighted by Gasteiger charge is -2.29. The highest BCUT2D eigenvalue weighted by molar-refractivity contribution is 5.38. The maximum atomic E-state index is 10.7. The minimum Gasteiger partial charge on any atom is -0.310 e. The van der Waals surface area contributed by atoms with Crippen LogP contribution in [-0.4, -0.2) is 12.0 Å².